The Balaban J connectivity index is 2.08. The smallest absolute Gasteiger partial charge is 0.00500 e. The molecule has 1 aliphatic rings. The summed E-state index contributed by atoms with van der Waals surface area (Å²) < 4.78 is 0. The van der Waals surface area contributed by atoms with E-state index in [1.807, 2.05) is 0 Å². The molecule has 0 saturated carbocycles. The number of hydrogen-bond donors (Lipinski definition) is 0. The maximum atomic E-state index is 2.44. The van der Waals surface area contributed by atoms with Gasteiger partial charge in [-0.1, -0.05) is 30.3 Å². The SMILES string of the molecule is CN1CC[CH]C(c2ccccc2)C1. The number of piperidine rings is 1. The van der Waals surface area contributed by atoms with Gasteiger partial charge in [0.25, 0.3) is 0 Å². The van der Waals surface area contributed by atoms with Gasteiger partial charge in [-0.05, 0) is 37.9 Å². The minimum absolute atomic E-state index is 0.639. The summed E-state index contributed by atoms with van der Waals surface area (Å²) in [5.74, 6) is 0.639. The third-order valence-corrected chi connectivity index (χ3v) is 2.70. The molecule has 0 amide bonds. The van der Waals surface area contributed by atoms with Gasteiger partial charge in [-0.2, -0.15) is 0 Å². The maximum absolute atomic E-state index is 2.44. The van der Waals surface area contributed by atoms with Gasteiger partial charge >= 0.3 is 0 Å². The van der Waals surface area contributed by atoms with Crippen LogP contribution >= 0.6 is 0 Å². The lowest BCUT2D eigenvalue weighted by Gasteiger charge is -2.29. The molecule has 1 atom stereocenters. The van der Waals surface area contributed by atoms with Crippen LogP contribution in [0.5, 0.6) is 0 Å². The van der Waals surface area contributed by atoms with Crippen molar-refractivity contribution in [1.29, 1.82) is 0 Å². The molecule has 1 aromatic rings. The molecule has 0 aromatic heterocycles. The highest BCUT2D eigenvalue weighted by Crippen LogP contribution is 2.24. The molecule has 69 valence electrons. The van der Waals surface area contributed by atoms with Crippen LogP contribution in [-0.4, -0.2) is 25.0 Å². The van der Waals surface area contributed by atoms with E-state index in [2.05, 4.69) is 48.7 Å². The van der Waals surface area contributed by atoms with Crippen molar-refractivity contribution in [2.75, 3.05) is 20.1 Å². The number of benzene rings is 1. The monoisotopic (exact) mass is 174 g/mol. The molecule has 1 fully saturated rings. The van der Waals surface area contributed by atoms with E-state index in [1.54, 1.807) is 0 Å². The molecule has 0 bridgehead atoms. The Labute approximate surface area is 80.4 Å². The lowest BCUT2D eigenvalue weighted by Crippen LogP contribution is -2.31. The molecule has 1 saturated heterocycles. The van der Waals surface area contributed by atoms with Crippen molar-refractivity contribution in [3.8, 4) is 0 Å². The highest BCUT2D eigenvalue weighted by molar-refractivity contribution is 5.23. The first-order chi connectivity index (χ1) is 6.36. The summed E-state index contributed by atoms with van der Waals surface area (Å²) in [6.45, 7) is 2.38. The Morgan fingerprint density at radius 3 is 2.69 bits per heavy atom. The first kappa shape index (κ1) is 8.76. The lowest BCUT2D eigenvalue weighted by molar-refractivity contribution is 0.288. The van der Waals surface area contributed by atoms with Gasteiger partial charge in [0.1, 0.15) is 0 Å². The quantitative estimate of drug-likeness (QED) is 0.631. The fraction of sp³-hybridized carbons (Fsp3) is 0.417. The van der Waals surface area contributed by atoms with Crippen LogP contribution in [0.3, 0.4) is 0 Å². The number of likely N-dealkylation sites (tertiary alicyclic amines) is 1. The van der Waals surface area contributed by atoms with Crippen LogP contribution in [-0.2, 0) is 0 Å². The van der Waals surface area contributed by atoms with E-state index in [0.29, 0.717) is 5.92 Å². The fourth-order valence-electron chi connectivity index (χ4n) is 1.94. The van der Waals surface area contributed by atoms with Gasteiger partial charge in [-0.15, -0.1) is 0 Å². The fourth-order valence-corrected chi connectivity index (χ4v) is 1.94. The lowest BCUT2D eigenvalue weighted by atomic mass is 9.91. The summed E-state index contributed by atoms with van der Waals surface area (Å²) in [5.41, 5.74) is 1.45. The van der Waals surface area contributed by atoms with Gasteiger partial charge in [0, 0.05) is 6.54 Å². The Morgan fingerprint density at radius 1 is 1.23 bits per heavy atom. The summed E-state index contributed by atoms with van der Waals surface area (Å²) in [4.78, 5) is 2.40. The minimum atomic E-state index is 0.639. The van der Waals surface area contributed by atoms with Crippen molar-refractivity contribution < 1.29 is 0 Å². The van der Waals surface area contributed by atoms with E-state index in [0.717, 1.165) is 0 Å². The first-order valence-corrected chi connectivity index (χ1v) is 4.93. The number of nitrogens with zero attached hydrogens (tertiary/aromatic N) is 1. The average molecular weight is 174 g/mol. The van der Waals surface area contributed by atoms with Gasteiger partial charge in [0.05, 0.1) is 0 Å². The van der Waals surface area contributed by atoms with E-state index in [1.165, 1.54) is 25.1 Å². The molecule has 0 N–H and O–H groups in total. The van der Waals surface area contributed by atoms with Crippen molar-refractivity contribution in [3.05, 3.63) is 42.3 Å². The van der Waals surface area contributed by atoms with E-state index >= 15 is 0 Å². The maximum Gasteiger partial charge on any atom is 0.00500 e. The molecule has 2 rings (SSSR count). The first-order valence-electron chi connectivity index (χ1n) is 4.93. The highest BCUT2D eigenvalue weighted by Gasteiger charge is 2.18. The average Bonchev–Trinajstić information content (AvgIpc) is 2.19. The zero-order valence-electron chi connectivity index (χ0n) is 8.11. The summed E-state index contributed by atoms with van der Waals surface area (Å²) >= 11 is 0. The molecule has 1 heteroatoms. The number of rotatable bonds is 1. The Morgan fingerprint density at radius 2 is 2.00 bits per heavy atom. The van der Waals surface area contributed by atoms with Gasteiger partial charge in [-0.3, -0.25) is 0 Å². The molecule has 1 unspecified atom stereocenters. The Bertz CT molecular complexity index is 255. The standard InChI is InChI=1S/C12H16N/c1-13-9-5-8-12(10-13)11-6-3-2-4-7-11/h2-4,6-8,12H,5,9-10H2,1H3. The van der Waals surface area contributed by atoms with Crippen LogP contribution < -0.4 is 0 Å². The Hall–Kier alpha value is -0.820. The van der Waals surface area contributed by atoms with Gasteiger partial charge in [0.15, 0.2) is 0 Å². The largest absolute Gasteiger partial charge is 0.306 e. The molecule has 1 aromatic carbocycles. The predicted molar refractivity (Wildman–Crippen MR) is 55.6 cm³/mol. The van der Waals surface area contributed by atoms with Gasteiger partial charge in [0.2, 0.25) is 0 Å². The molecular weight excluding hydrogens is 158 g/mol. The van der Waals surface area contributed by atoms with Crippen molar-refractivity contribution in [3.63, 3.8) is 0 Å². The van der Waals surface area contributed by atoms with Crippen LogP contribution in [0.2, 0.25) is 0 Å². The number of hydrogen-bond acceptors (Lipinski definition) is 1. The molecule has 0 aliphatic carbocycles. The second kappa shape index (κ2) is 3.93. The highest BCUT2D eigenvalue weighted by atomic mass is 15.1. The summed E-state index contributed by atoms with van der Waals surface area (Å²) in [6.07, 6.45) is 3.66. The second-order valence-corrected chi connectivity index (χ2v) is 3.80. The minimum Gasteiger partial charge on any atom is -0.306 e. The van der Waals surface area contributed by atoms with Crippen molar-refractivity contribution in [2.45, 2.75) is 12.3 Å². The van der Waals surface area contributed by atoms with Crippen molar-refractivity contribution in [2.24, 2.45) is 0 Å². The normalized spacial score (nSPS) is 24.5. The van der Waals surface area contributed by atoms with Crippen LogP contribution in [0, 0.1) is 6.42 Å². The molecule has 1 nitrogen and oxygen atoms in total. The van der Waals surface area contributed by atoms with Crippen LogP contribution in [0.15, 0.2) is 30.3 Å². The number of likely N-dealkylation sites (N-methyl/N-ethyl adjacent to an activating group) is 1. The molecular formula is C12H16N. The molecule has 1 heterocycles. The summed E-state index contributed by atoms with van der Waals surface area (Å²) in [6, 6.07) is 10.8. The zero-order chi connectivity index (χ0) is 9.10. The van der Waals surface area contributed by atoms with Gasteiger partial charge < -0.3 is 4.90 Å². The molecule has 1 aliphatic heterocycles. The molecule has 1 radical (unpaired) electrons. The predicted octanol–water partition coefficient (Wildman–Crippen LogP) is 2.31. The van der Waals surface area contributed by atoms with Crippen molar-refractivity contribution in [1.82, 2.24) is 4.90 Å². The van der Waals surface area contributed by atoms with E-state index in [-0.39, 0.29) is 0 Å². The topological polar surface area (TPSA) is 3.24 Å². The molecule has 13 heavy (non-hydrogen) atoms. The third-order valence-electron chi connectivity index (χ3n) is 2.70. The van der Waals surface area contributed by atoms with Crippen LogP contribution in [0.25, 0.3) is 0 Å². The van der Waals surface area contributed by atoms with E-state index < -0.39 is 0 Å². The third kappa shape index (κ3) is 2.10. The van der Waals surface area contributed by atoms with E-state index in [9.17, 15) is 0 Å². The van der Waals surface area contributed by atoms with E-state index in [4.69, 9.17) is 0 Å². The summed E-state index contributed by atoms with van der Waals surface area (Å²) in [7, 11) is 2.20. The Kier molecular flexibility index (Phi) is 2.65. The summed E-state index contributed by atoms with van der Waals surface area (Å²) in [5, 5.41) is 0. The molecule has 0 spiro atoms. The van der Waals surface area contributed by atoms with Crippen LogP contribution in [0.1, 0.15) is 17.9 Å². The second-order valence-electron chi connectivity index (χ2n) is 3.80. The van der Waals surface area contributed by atoms with Gasteiger partial charge in [-0.25, -0.2) is 0 Å². The van der Waals surface area contributed by atoms with Crippen LogP contribution in [0.4, 0.5) is 0 Å². The zero-order valence-corrected chi connectivity index (χ0v) is 8.11. The van der Waals surface area contributed by atoms with Crippen molar-refractivity contribution >= 4 is 0 Å².